The molecule has 0 spiro atoms. The second kappa shape index (κ2) is 8.54. The number of carbonyl (C=O) groups excluding carboxylic acids is 1. The van der Waals surface area contributed by atoms with Crippen molar-refractivity contribution in [3.63, 3.8) is 0 Å². The molecule has 2 heterocycles. The highest BCUT2D eigenvalue weighted by atomic mass is 16.5. The van der Waals surface area contributed by atoms with Crippen molar-refractivity contribution in [1.29, 1.82) is 0 Å². The first-order valence-electron chi connectivity index (χ1n) is 9.83. The third kappa shape index (κ3) is 3.80. The van der Waals surface area contributed by atoms with Crippen molar-refractivity contribution in [3.05, 3.63) is 69.8 Å². The molecular formula is C23H22N4O5. The number of benzene rings is 2. The van der Waals surface area contributed by atoms with E-state index in [-0.39, 0.29) is 12.2 Å². The maximum atomic E-state index is 12.7. The van der Waals surface area contributed by atoms with Crippen LogP contribution in [0.25, 0.3) is 22.8 Å². The molecule has 0 saturated heterocycles. The fourth-order valence-corrected chi connectivity index (χ4v) is 3.45. The van der Waals surface area contributed by atoms with Gasteiger partial charge in [-0.05, 0) is 37.3 Å². The van der Waals surface area contributed by atoms with Gasteiger partial charge in [0.05, 0.1) is 25.1 Å². The Bertz CT molecular complexity index is 1420. The van der Waals surface area contributed by atoms with Gasteiger partial charge in [0.25, 0.3) is 5.56 Å². The third-order valence-electron chi connectivity index (χ3n) is 5.12. The van der Waals surface area contributed by atoms with Crippen LogP contribution in [0.1, 0.15) is 17.0 Å². The van der Waals surface area contributed by atoms with Crippen LogP contribution in [0, 0.1) is 6.92 Å². The van der Waals surface area contributed by atoms with Gasteiger partial charge in [-0.15, -0.1) is 10.2 Å². The predicted octanol–water partition coefficient (Wildman–Crippen LogP) is 2.66. The third-order valence-corrected chi connectivity index (χ3v) is 5.12. The minimum atomic E-state index is -0.551. The quantitative estimate of drug-likeness (QED) is 0.340. The number of methoxy groups -OCH3 is 2. The second-order valence-electron chi connectivity index (χ2n) is 7.19. The molecule has 9 heteroatoms. The molecule has 0 N–H and O–H groups in total. The minimum absolute atomic E-state index is 0.106. The molecule has 0 atom stereocenters. The number of aromatic nitrogens is 4. The summed E-state index contributed by atoms with van der Waals surface area (Å²) in [5, 5.41) is 8.77. The average Bonchev–Trinajstić information content (AvgIpc) is 3.23. The lowest BCUT2D eigenvalue weighted by Crippen LogP contribution is -2.20. The van der Waals surface area contributed by atoms with Crippen LogP contribution in [0.15, 0.2) is 47.3 Å². The van der Waals surface area contributed by atoms with Crippen LogP contribution in [-0.4, -0.2) is 39.4 Å². The van der Waals surface area contributed by atoms with Gasteiger partial charge < -0.3 is 14.2 Å². The molecule has 0 saturated carbocycles. The summed E-state index contributed by atoms with van der Waals surface area (Å²) < 4.78 is 19.0. The lowest BCUT2D eigenvalue weighted by molar-refractivity contribution is -0.139. The highest BCUT2D eigenvalue weighted by molar-refractivity contribution is 5.87. The fraction of sp³-hybridized carbons (Fsp3) is 0.217. The van der Waals surface area contributed by atoms with Crippen LogP contribution in [0.4, 0.5) is 0 Å². The van der Waals surface area contributed by atoms with Crippen LogP contribution in [0.3, 0.4) is 0 Å². The van der Waals surface area contributed by atoms with E-state index in [0.717, 1.165) is 5.56 Å². The Morgan fingerprint density at radius 3 is 2.66 bits per heavy atom. The largest absolute Gasteiger partial charge is 0.497 e. The molecule has 2 aromatic heterocycles. The molecule has 0 unspecified atom stereocenters. The van der Waals surface area contributed by atoms with Gasteiger partial charge >= 0.3 is 5.97 Å². The van der Waals surface area contributed by atoms with E-state index in [1.807, 2.05) is 25.1 Å². The van der Waals surface area contributed by atoms with Gasteiger partial charge in [0.2, 0.25) is 5.78 Å². The zero-order chi connectivity index (χ0) is 22.8. The number of fused-ring (bicyclic) bond motifs is 3. The molecule has 4 rings (SSSR count). The molecular weight excluding hydrogens is 412 g/mol. The number of carbonyl (C=O) groups is 1. The van der Waals surface area contributed by atoms with Crippen molar-refractivity contribution in [3.8, 4) is 11.5 Å². The van der Waals surface area contributed by atoms with E-state index >= 15 is 0 Å². The summed E-state index contributed by atoms with van der Waals surface area (Å²) in [5.74, 6) is 1.45. The topological polar surface area (TPSA) is 97.0 Å². The summed E-state index contributed by atoms with van der Waals surface area (Å²) in [6.07, 6.45) is 2.91. The Morgan fingerprint density at radius 1 is 1.09 bits per heavy atom. The normalized spacial score (nSPS) is 11.4. The molecule has 2 aromatic carbocycles. The maximum Gasteiger partial charge on any atom is 0.331 e. The van der Waals surface area contributed by atoms with E-state index in [0.29, 0.717) is 39.6 Å². The van der Waals surface area contributed by atoms with Crippen molar-refractivity contribution in [1.82, 2.24) is 19.2 Å². The number of esters is 1. The summed E-state index contributed by atoms with van der Waals surface area (Å²) >= 11 is 0. The van der Waals surface area contributed by atoms with Gasteiger partial charge in [0.15, 0.2) is 12.4 Å². The molecule has 4 aromatic rings. The van der Waals surface area contributed by atoms with Crippen LogP contribution < -0.4 is 15.0 Å². The van der Waals surface area contributed by atoms with E-state index in [9.17, 15) is 9.59 Å². The average molecular weight is 434 g/mol. The Balaban J connectivity index is 1.59. The van der Waals surface area contributed by atoms with Gasteiger partial charge in [-0.1, -0.05) is 11.6 Å². The highest BCUT2D eigenvalue weighted by Crippen LogP contribution is 2.25. The predicted molar refractivity (Wildman–Crippen MR) is 119 cm³/mol. The fourth-order valence-electron chi connectivity index (χ4n) is 3.45. The summed E-state index contributed by atoms with van der Waals surface area (Å²) in [6.45, 7) is 1.81. The Morgan fingerprint density at radius 2 is 1.91 bits per heavy atom. The lowest BCUT2D eigenvalue weighted by atomic mass is 10.1. The molecule has 9 nitrogen and oxygen atoms in total. The summed E-state index contributed by atoms with van der Waals surface area (Å²) in [5.41, 5.74) is 2.16. The number of ether oxygens (including phenoxy) is 3. The molecule has 0 aliphatic rings. The number of hydrogen-bond donors (Lipinski definition) is 0. The molecule has 0 aliphatic heterocycles. The molecule has 0 amide bonds. The van der Waals surface area contributed by atoms with E-state index in [4.69, 9.17) is 14.2 Å². The van der Waals surface area contributed by atoms with Crippen molar-refractivity contribution in [2.75, 3.05) is 14.2 Å². The first-order valence-corrected chi connectivity index (χ1v) is 9.83. The molecule has 0 aliphatic carbocycles. The molecule has 0 fully saturated rings. The monoisotopic (exact) mass is 434 g/mol. The molecule has 32 heavy (non-hydrogen) atoms. The Labute approximate surface area is 183 Å². The van der Waals surface area contributed by atoms with E-state index < -0.39 is 5.97 Å². The summed E-state index contributed by atoms with van der Waals surface area (Å²) in [4.78, 5) is 25.0. The SMILES string of the molecule is COc1ccc(C=CC(=O)OCc2nnc3n(C)c(=O)c4cc(C)ccc4n23)c(OC)c1. The molecule has 164 valence electrons. The van der Waals surface area contributed by atoms with Crippen LogP contribution >= 0.6 is 0 Å². The van der Waals surface area contributed by atoms with Gasteiger partial charge in [0, 0.05) is 24.8 Å². The zero-order valence-electron chi connectivity index (χ0n) is 18.2. The Kier molecular flexibility index (Phi) is 5.63. The number of rotatable bonds is 6. The van der Waals surface area contributed by atoms with Gasteiger partial charge in [-0.25, -0.2) is 4.79 Å². The number of hydrogen-bond acceptors (Lipinski definition) is 7. The highest BCUT2D eigenvalue weighted by Gasteiger charge is 2.16. The maximum absolute atomic E-state index is 12.7. The summed E-state index contributed by atoms with van der Waals surface area (Å²) in [6, 6.07) is 10.8. The smallest absolute Gasteiger partial charge is 0.331 e. The first kappa shape index (κ1) is 21.1. The van der Waals surface area contributed by atoms with Gasteiger partial charge in [-0.3, -0.25) is 13.8 Å². The van der Waals surface area contributed by atoms with Crippen LogP contribution in [0.5, 0.6) is 11.5 Å². The standard InChI is InChI=1S/C23H22N4O5/c1-14-5-9-18-17(11-14)22(29)26(2)23-25-24-20(27(18)23)13-32-21(28)10-7-15-6-8-16(30-3)12-19(15)31-4/h5-12H,13H2,1-4H3. The van der Waals surface area contributed by atoms with Crippen LogP contribution in [0.2, 0.25) is 0 Å². The summed E-state index contributed by atoms with van der Waals surface area (Å²) in [7, 11) is 4.74. The van der Waals surface area contributed by atoms with Gasteiger partial charge in [-0.2, -0.15) is 0 Å². The molecule has 0 radical (unpaired) electrons. The number of aryl methyl sites for hydroxylation is 2. The first-order chi connectivity index (χ1) is 15.4. The zero-order valence-corrected chi connectivity index (χ0v) is 18.2. The Hall–Kier alpha value is -4.14. The van der Waals surface area contributed by atoms with Gasteiger partial charge in [0.1, 0.15) is 11.5 Å². The van der Waals surface area contributed by atoms with Crippen molar-refractivity contribution >= 4 is 28.7 Å². The molecule has 0 bridgehead atoms. The lowest BCUT2D eigenvalue weighted by Gasteiger charge is -2.09. The van der Waals surface area contributed by atoms with Crippen molar-refractivity contribution in [2.45, 2.75) is 13.5 Å². The van der Waals surface area contributed by atoms with Crippen molar-refractivity contribution in [2.24, 2.45) is 7.05 Å². The second-order valence-corrected chi connectivity index (χ2v) is 7.19. The van der Waals surface area contributed by atoms with Crippen LogP contribution in [-0.2, 0) is 23.2 Å². The number of nitrogens with zero attached hydrogens (tertiary/aromatic N) is 4. The minimum Gasteiger partial charge on any atom is -0.497 e. The van der Waals surface area contributed by atoms with Crippen molar-refractivity contribution < 1.29 is 19.0 Å². The van der Waals surface area contributed by atoms with E-state index in [1.165, 1.54) is 10.6 Å². The van der Waals surface area contributed by atoms with E-state index in [1.54, 1.807) is 49.9 Å². The van der Waals surface area contributed by atoms with E-state index in [2.05, 4.69) is 10.2 Å².